The van der Waals surface area contributed by atoms with Crippen molar-refractivity contribution in [1.29, 1.82) is 0 Å². The standard InChI is InChI=1S/C13H19N3O2/c1-6-7-16(13(3,4)5)12-14-8-10(11(17)18)9(2)15-12/h6,8H,1,7H2,2-5H3,(H,17,18). The van der Waals surface area contributed by atoms with E-state index in [0.29, 0.717) is 18.2 Å². The summed E-state index contributed by atoms with van der Waals surface area (Å²) in [5.74, 6) is -0.491. The van der Waals surface area contributed by atoms with Gasteiger partial charge in [-0.1, -0.05) is 6.08 Å². The fraction of sp³-hybridized carbons (Fsp3) is 0.462. The molecule has 0 saturated carbocycles. The topological polar surface area (TPSA) is 66.3 Å². The Morgan fingerprint density at radius 3 is 2.56 bits per heavy atom. The van der Waals surface area contributed by atoms with Crippen LogP contribution in [0.2, 0.25) is 0 Å². The van der Waals surface area contributed by atoms with E-state index in [1.54, 1.807) is 13.0 Å². The van der Waals surface area contributed by atoms with E-state index >= 15 is 0 Å². The quantitative estimate of drug-likeness (QED) is 0.829. The molecule has 0 spiro atoms. The van der Waals surface area contributed by atoms with Crippen molar-refractivity contribution in [2.75, 3.05) is 11.4 Å². The van der Waals surface area contributed by atoms with Crippen LogP contribution in [0.1, 0.15) is 36.8 Å². The van der Waals surface area contributed by atoms with E-state index in [9.17, 15) is 4.79 Å². The monoisotopic (exact) mass is 249 g/mol. The van der Waals surface area contributed by atoms with Crippen molar-refractivity contribution in [2.24, 2.45) is 0 Å². The van der Waals surface area contributed by atoms with Crippen LogP contribution in [0.15, 0.2) is 18.9 Å². The lowest BCUT2D eigenvalue weighted by atomic mass is 10.1. The SMILES string of the molecule is C=CCN(c1ncc(C(=O)O)c(C)n1)C(C)(C)C. The minimum atomic E-state index is -1.01. The van der Waals surface area contributed by atoms with E-state index in [0.717, 1.165) is 0 Å². The fourth-order valence-electron chi connectivity index (χ4n) is 1.58. The molecule has 0 fully saturated rings. The fourth-order valence-corrected chi connectivity index (χ4v) is 1.58. The van der Waals surface area contributed by atoms with Gasteiger partial charge in [0.25, 0.3) is 0 Å². The van der Waals surface area contributed by atoms with E-state index in [-0.39, 0.29) is 11.1 Å². The van der Waals surface area contributed by atoms with Gasteiger partial charge in [0, 0.05) is 18.3 Å². The van der Waals surface area contributed by atoms with Crippen LogP contribution in [0.25, 0.3) is 0 Å². The molecule has 0 aliphatic heterocycles. The van der Waals surface area contributed by atoms with Crippen LogP contribution in [0.4, 0.5) is 5.95 Å². The molecule has 98 valence electrons. The van der Waals surface area contributed by atoms with Gasteiger partial charge in [-0.25, -0.2) is 14.8 Å². The first-order valence-electron chi connectivity index (χ1n) is 5.73. The molecule has 1 aromatic rings. The average molecular weight is 249 g/mol. The van der Waals surface area contributed by atoms with Crippen LogP contribution in [0.5, 0.6) is 0 Å². The van der Waals surface area contributed by atoms with Gasteiger partial charge in [0.05, 0.1) is 11.3 Å². The van der Waals surface area contributed by atoms with Crippen molar-refractivity contribution in [3.63, 3.8) is 0 Å². The summed E-state index contributed by atoms with van der Waals surface area (Å²) in [6.07, 6.45) is 3.12. The highest BCUT2D eigenvalue weighted by Crippen LogP contribution is 2.20. The van der Waals surface area contributed by atoms with E-state index in [4.69, 9.17) is 5.11 Å². The van der Waals surface area contributed by atoms with Crippen LogP contribution < -0.4 is 4.90 Å². The number of rotatable bonds is 4. The molecule has 0 saturated heterocycles. The zero-order valence-corrected chi connectivity index (χ0v) is 11.3. The molecule has 5 nitrogen and oxygen atoms in total. The van der Waals surface area contributed by atoms with Crippen LogP contribution >= 0.6 is 0 Å². The summed E-state index contributed by atoms with van der Waals surface area (Å²) >= 11 is 0. The first-order chi connectivity index (χ1) is 8.27. The van der Waals surface area contributed by atoms with Crippen molar-refractivity contribution in [3.8, 4) is 0 Å². The minimum absolute atomic E-state index is 0.131. The van der Waals surface area contributed by atoms with Gasteiger partial charge in [-0.15, -0.1) is 6.58 Å². The third kappa shape index (κ3) is 3.06. The molecule has 0 unspecified atom stereocenters. The summed E-state index contributed by atoms with van der Waals surface area (Å²) in [5, 5.41) is 8.95. The second kappa shape index (κ2) is 5.16. The molecule has 0 atom stereocenters. The predicted molar refractivity (Wildman–Crippen MR) is 71.0 cm³/mol. The number of aryl methyl sites for hydroxylation is 1. The molecule has 0 aromatic carbocycles. The van der Waals surface area contributed by atoms with Crippen LogP contribution in [-0.2, 0) is 0 Å². The molecule has 1 N–H and O–H groups in total. The van der Waals surface area contributed by atoms with Crippen molar-refractivity contribution < 1.29 is 9.90 Å². The van der Waals surface area contributed by atoms with Crippen molar-refractivity contribution >= 4 is 11.9 Å². The molecule has 0 aliphatic rings. The Morgan fingerprint density at radius 1 is 1.56 bits per heavy atom. The zero-order chi connectivity index (χ0) is 13.9. The average Bonchev–Trinajstić information content (AvgIpc) is 2.23. The summed E-state index contributed by atoms with van der Waals surface area (Å²) in [7, 11) is 0. The van der Waals surface area contributed by atoms with Crippen LogP contribution in [-0.4, -0.2) is 33.1 Å². The van der Waals surface area contributed by atoms with Crippen LogP contribution in [0, 0.1) is 6.92 Å². The number of carbonyl (C=O) groups is 1. The van der Waals surface area contributed by atoms with Gasteiger partial charge in [-0.2, -0.15) is 0 Å². The molecule has 0 aliphatic carbocycles. The van der Waals surface area contributed by atoms with E-state index in [1.165, 1.54) is 6.20 Å². The zero-order valence-electron chi connectivity index (χ0n) is 11.3. The second-order valence-corrected chi connectivity index (χ2v) is 5.04. The summed E-state index contributed by atoms with van der Waals surface area (Å²) in [5.41, 5.74) is 0.433. The Kier molecular flexibility index (Phi) is 4.06. The summed E-state index contributed by atoms with van der Waals surface area (Å²) in [4.78, 5) is 21.3. The summed E-state index contributed by atoms with van der Waals surface area (Å²) in [6.45, 7) is 12.1. The van der Waals surface area contributed by atoms with Crippen molar-refractivity contribution in [3.05, 3.63) is 30.1 Å². The Hall–Kier alpha value is -1.91. The van der Waals surface area contributed by atoms with E-state index < -0.39 is 5.97 Å². The van der Waals surface area contributed by atoms with Gasteiger partial charge in [0.15, 0.2) is 0 Å². The maximum Gasteiger partial charge on any atom is 0.339 e. The van der Waals surface area contributed by atoms with Gasteiger partial charge in [0.1, 0.15) is 0 Å². The van der Waals surface area contributed by atoms with Gasteiger partial charge in [0.2, 0.25) is 5.95 Å². The van der Waals surface area contributed by atoms with Gasteiger partial charge in [-0.3, -0.25) is 0 Å². The molecule has 0 bridgehead atoms. The Labute approximate surface area is 107 Å². The van der Waals surface area contributed by atoms with Crippen molar-refractivity contribution in [2.45, 2.75) is 33.2 Å². The molecular weight excluding hydrogens is 230 g/mol. The predicted octanol–water partition coefficient (Wildman–Crippen LogP) is 2.27. The highest BCUT2D eigenvalue weighted by molar-refractivity contribution is 5.88. The smallest absolute Gasteiger partial charge is 0.339 e. The maximum absolute atomic E-state index is 10.9. The van der Waals surface area contributed by atoms with E-state index in [2.05, 4.69) is 16.5 Å². The number of aromatic nitrogens is 2. The number of carboxylic acid groups (broad SMARTS) is 1. The largest absolute Gasteiger partial charge is 0.478 e. The third-order valence-corrected chi connectivity index (χ3v) is 2.56. The Balaban J connectivity index is 3.19. The number of nitrogens with zero attached hydrogens (tertiary/aromatic N) is 3. The van der Waals surface area contributed by atoms with Crippen molar-refractivity contribution in [1.82, 2.24) is 9.97 Å². The molecule has 0 radical (unpaired) electrons. The number of anilines is 1. The lowest BCUT2D eigenvalue weighted by molar-refractivity contribution is 0.0695. The highest BCUT2D eigenvalue weighted by atomic mass is 16.4. The normalized spacial score (nSPS) is 11.1. The molecule has 1 rings (SSSR count). The lowest BCUT2D eigenvalue weighted by Gasteiger charge is -2.35. The third-order valence-electron chi connectivity index (χ3n) is 2.56. The first kappa shape index (κ1) is 14.2. The van der Waals surface area contributed by atoms with E-state index in [1.807, 2.05) is 25.7 Å². The Morgan fingerprint density at radius 2 is 2.17 bits per heavy atom. The molecule has 18 heavy (non-hydrogen) atoms. The Bertz CT molecular complexity index is 464. The maximum atomic E-state index is 10.9. The lowest BCUT2D eigenvalue weighted by Crippen LogP contribution is -2.42. The van der Waals surface area contributed by atoms with Gasteiger partial charge >= 0.3 is 5.97 Å². The number of carboxylic acids is 1. The first-order valence-corrected chi connectivity index (χ1v) is 5.73. The highest BCUT2D eigenvalue weighted by Gasteiger charge is 2.23. The van der Waals surface area contributed by atoms with Gasteiger partial charge in [-0.05, 0) is 27.7 Å². The molecule has 0 amide bonds. The molecule has 1 heterocycles. The minimum Gasteiger partial charge on any atom is -0.478 e. The summed E-state index contributed by atoms with van der Waals surface area (Å²) in [6, 6.07) is 0. The molecular formula is C13H19N3O2. The second-order valence-electron chi connectivity index (χ2n) is 5.04. The number of hydrogen-bond donors (Lipinski definition) is 1. The van der Waals surface area contributed by atoms with Gasteiger partial charge < -0.3 is 10.0 Å². The number of hydrogen-bond acceptors (Lipinski definition) is 4. The number of aromatic carboxylic acids is 1. The molecule has 1 aromatic heterocycles. The summed E-state index contributed by atoms with van der Waals surface area (Å²) < 4.78 is 0. The molecule has 5 heteroatoms. The van der Waals surface area contributed by atoms with Crippen LogP contribution in [0.3, 0.4) is 0 Å².